The van der Waals surface area contributed by atoms with E-state index >= 15 is 0 Å². The van der Waals surface area contributed by atoms with Crippen LogP contribution in [0.15, 0.2) is 12.1 Å². The molecule has 0 unspecified atom stereocenters. The van der Waals surface area contributed by atoms with Crippen LogP contribution in [0, 0.1) is 5.82 Å². The van der Waals surface area contributed by atoms with Gasteiger partial charge in [-0.05, 0) is 12.1 Å². The predicted molar refractivity (Wildman–Crippen MR) is 49.9 cm³/mol. The van der Waals surface area contributed by atoms with E-state index in [-0.39, 0.29) is 12.4 Å². The van der Waals surface area contributed by atoms with E-state index in [2.05, 4.69) is 4.98 Å². The van der Waals surface area contributed by atoms with Crippen molar-refractivity contribution in [2.45, 2.75) is 6.61 Å². The summed E-state index contributed by atoms with van der Waals surface area (Å²) >= 11 is 1.21. The number of hydrogen-bond acceptors (Lipinski definition) is 4. The van der Waals surface area contributed by atoms with E-state index in [0.717, 1.165) is 0 Å². The molecule has 0 fully saturated rings. The first-order chi connectivity index (χ1) is 6.20. The number of thiazole rings is 1. The molecule has 1 aromatic heterocycles. The molecule has 0 aliphatic rings. The Morgan fingerprint density at radius 3 is 3.00 bits per heavy atom. The molecular formula is C8H7FN2OS. The summed E-state index contributed by atoms with van der Waals surface area (Å²) < 4.78 is 13.6. The maximum Gasteiger partial charge on any atom is 0.181 e. The van der Waals surface area contributed by atoms with Crippen LogP contribution in [0.5, 0.6) is 0 Å². The van der Waals surface area contributed by atoms with Crippen molar-refractivity contribution < 1.29 is 9.50 Å². The van der Waals surface area contributed by atoms with E-state index in [0.29, 0.717) is 20.9 Å². The summed E-state index contributed by atoms with van der Waals surface area (Å²) in [6, 6.07) is 2.63. The topological polar surface area (TPSA) is 59.1 Å². The van der Waals surface area contributed by atoms with Gasteiger partial charge in [0.25, 0.3) is 0 Å². The molecule has 0 radical (unpaired) electrons. The first-order valence-corrected chi connectivity index (χ1v) is 4.47. The molecule has 0 spiro atoms. The number of aliphatic hydroxyl groups is 1. The first kappa shape index (κ1) is 8.40. The second-order valence-corrected chi connectivity index (χ2v) is 3.68. The molecular weight excluding hydrogens is 191 g/mol. The van der Waals surface area contributed by atoms with Gasteiger partial charge in [-0.1, -0.05) is 11.3 Å². The van der Waals surface area contributed by atoms with Crippen molar-refractivity contribution in [3.05, 3.63) is 23.5 Å². The van der Waals surface area contributed by atoms with Crippen LogP contribution in [-0.4, -0.2) is 10.1 Å². The van der Waals surface area contributed by atoms with E-state index in [1.165, 1.54) is 23.5 Å². The molecule has 2 aromatic rings. The van der Waals surface area contributed by atoms with E-state index in [9.17, 15) is 4.39 Å². The van der Waals surface area contributed by atoms with Gasteiger partial charge in [0.15, 0.2) is 5.13 Å². The molecule has 68 valence electrons. The molecule has 5 heteroatoms. The van der Waals surface area contributed by atoms with Gasteiger partial charge in [-0.25, -0.2) is 9.37 Å². The van der Waals surface area contributed by atoms with Crippen molar-refractivity contribution in [1.29, 1.82) is 0 Å². The number of benzene rings is 1. The van der Waals surface area contributed by atoms with Crippen LogP contribution in [0.4, 0.5) is 9.52 Å². The number of aliphatic hydroxyl groups excluding tert-OH is 1. The minimum atomic E-state index is -0.375. The van der Waals surface area contributed by atoms with Crippen molar-refractivity contribution >= 4 is 26.7 Å². The summed E-state index contributed by atoms with van der Waals surface area (Å²) in [4.78, 5) is 3.99. The third kappa shape index (κ3) is 1.36. The number of halogens is 1. The van der Waals surface area contributed by atoms with Gasteiger partial charge in [-0.2, -0.15) is 0 Å². The lowest BCUT2D eigenvalue weighted by Crippen LogP contribution is -1.88. The van der Waals surface area contributed by atoms with Crippen LogP contribution in [-0.2, 0) is 6.61 Å². The predicted octanol–water partition coefficient (Wildman–Crippen LogP) is 1.51. The number of fused-ring (bicyclic) bond motifs is 1. The van der Waals surface area contributed by atoms with E-state index < -0.39 is 0 Å². The van der Waals surface area contributed by atoms with Crippen molar-refractivity contribution in [2.24, 2.45) is 0 Å². The molecule has 0 aliphatic carbocycles. The Labute approximate surface area is 77.6 Å². The monoisotopic (exact) mass is 198 g/mol. The van der Waals surface area contributed by atoms with Crippen LogP contribution in [0.2, 0.25) is 0 Å². The maximum absolute atomic E-state index is 12.9. The second kappa shape index (κ2) is 2.93. The summed E-state index contributed by atoms with van der Waals surface area (Å²) in [5, 5.41) is 9.31. The highest BCUT2D eigenvalue weighted by Crippen LogP contribution is 2.27. The highest BCUT2D eigenvalue weighted by Gasteiger charge is 2.07. The molecule has 0 aliphatic heterocycles. The molecule has 2 rings (SSSR count). The van der Waals surface area contributed by atoms with Gasteiger partial charge in [0.1, 0.15) is 5.82 Å². The van der Waals surface area contributed by atoms with Gasteiger partial charge in [0.05, 0.1) is 16.8 Å². The van der Waals surface area contributed by atoms with Crippen molar-refractivity contribution in [3.63, 3.8) is 0 Å². The van der Waals surface area contributed by atoms with Crippen LogP contribution >= 0.6 is 11.3 Å². The fourth-order valence-corrected chi connectivity index (χ4v) is 2.01. The highest BCUT2D eigenvalue weighted by atomic mass is 32.1. The van der Waals surface area contributed by atoms with Gasteiger partial charge in [0.2, 0.25) is 0 Å². The Hall–Kier alpha value is -1.20. The van der Waals surface area contributed by atoms with Crippen molar-refractivity contribution in [2.75, 3.05) is 5.73 Å². The number of rotatable bonds is 1. The normalized spacial score (nSPS) is 10.9. The molecule has 3 nitrogen and oxygen atoms in total. The first-order valence-electron chi connectivity index (χ1n) is 3.66. The summed E-state index contributed by atoms with van der Waals surface area (Å²) in [5.74, 6) is -0.375. The number of hydrogen-bond donors (Lipinski definition) is 2. The zero-order valence-corrected chi connectivity index (χ0v) is 7.44. The smallest absolute Gasteiger partial charge is 0.181 e. The van der Waals surface area contributed by atoms with E-state index in [1.54, 1.807) is 0 Å². The lowest BCUT2D eigenvalue weighted by molar-refractivity contribution is 0.282. The molecule has 0 saturated carbocycles. The molecule has 0 amide bonds. The maximum atomic E-state index is 12.9. The largest absolute Gasteiger partial charge is 0.392 e. The quantitative estimate of drug-likeness (QED) is 0.730. The lowest BCUT2D eigenvalue weighted by atomic mass is 10.2. The summed E-state index contributed by atoms with van der Waals surface area (Å²) in [6.45, 7) is -0.225. The summed E-state index contributed by atoms with van der Waals surface area (Å²) in [6.07, 6.45) is 0. The minimum absolute atomic E-state index is 0.225. The van der Waals surface area contributed by atoms with E-state index in [4.69, 9.17) is 10.8 Å². The number of aromatic nitrogens is 1. The molecule has 0 bridgehead atoms. The van der Waals surface area contributed by atoms with Crippen molar-refractivity contribution in [1.82, 2.24) is 4.98 Å². The molecule has 13 heavy (non-hydrogen) atoms. The van der Waals surface area contributed by atoms with Gasteiger partial charge in [-0.15, -0.1) is 0 Å². The summed E-state index contributed by atoms with van der Waals surface area (Å²) in [5.41, 5.74) is 6.53. The number of nitrogen functional groups attached to an aromatic ring is 1. The zero-order chi connectivity index (χ0) is 9.42. The zero-order valence-electron chi connectivity index (χ0n) is 6.62. The number of nitrogens with zero attached hydrogens (tertiary/aromatic N) is 1. The van der Waals surface area contributed by atoms with E-state index in [1.807, 2.05) is 0 Å². The molecule has 0 saturated heterocycles. The Morgan fingerprint density at radius 1 is 1.54 bits per heavy atom. The molecule has 1 heterocycles. The summed E-state index contributed by atoms with van der Waals surface area (Å²) in [7, 11) is 0. The number of nitrogens with two attached hydrogens (primary N) is 1. The SMILES string of the molecule is Nc1nc2c(CO)cc(F)cc2s1. The fourth-order valence-electron chi connectivity index (χ4n) is 1.20. The third-order valence-electron chi connectivity index (χ3n) is 1.73. The molecule has 0 atom stereocenters. The van der Waals surface area contributed by atoms with Gasteiger partial charge in [-0.3, -0.25) is 0 Å². The standard InChI is InChI=1S/C8H7FN2OS/c9-5-1-4(3-12)7-6(2-5)13-8(10)11-7/h1-2,12H,3H2,(H2,10,11). The Morgan fingerprint density at radius 2 is 2.31 bits per heavy atom. The van der Waals surface area contributed by atoms with Crippen molar-refractivity contribution in [3.8, 4) is 0 Å². The van der Waals surface area contributed by atoms with Gasteiger partial charge >= 0.3 is 0 Å². The Bertz CT molecular complexity index is 455. The van der Waals surface area contributed by atoms with Crippen LogP contribution in [0.1, 0.15) is 5.56 Å². The molecule has 3 N–H and O–H groups in total. The third-order valence-corrected chi connectivity index (χ3v) is 2.56. The molecule has 1 aromatic carbocycles. The van der Waals surface area contributed by atoms with Crippen LogP contribution in [0.3, 0.4) is 0 Å². The van der Waals surface area contributed by atoms with Gasteiger partial charge < -0.3 is 10.8 Å². The van der Waals surface area contributed by atoms with Crippen LogP contribution < -0.4 is 5.73 Å². The van der Waals surface area contributed by atoms with Crippen LogP contribution in [0.25, 0.3) is 10.2 Å². The second-order valence-electron chi connectivity index (χ2n) is 2.62. The Kier molecular flexibility index (Phi) is 1.90. The van der Waals surface area contributed by atoms with Gasteiger partial charge in [0, 0.05) is 5.56 Å². The average molecular weight is 198 g/mol. The minimum Gasteiger partial charge on any atom is -0.392 e. The average Bonchev–Trinajstić information content (AvgIpc) is 2.43. The lowest BCUT2D eigenvalue weighted by Gasteiger charge is -1.96. The Balaban J connectivity index is 2.80. The fraction of sp³-hybridized carbons (Fsp3) is 0.125. The highest BCUT2D eigenvalue weighted by molar-refractivity contribution is 7.22. The number of anilines is 1.